The van der Waals surface area contributed by atoms with E-state index in [0.717, 1.165) is 0 Å². The molecule has 7 heteroatoms. The molecular weight excluding hydrogens is 375 g/mol. The maximum atomic E-state index is 12.7. The maximum absolute atomic E-state index is 12.7. The Kier molecular flexibility index (Phi) is 4.70. The molecule has 2 rings (SSSR count). The molecule has 3 nitrogen and oxygen atoms in total. The molecule has 0 spiro atoms. The summed E-state index contributed by atoms with van der Waals surface area (Å²) in [5.74, 6) is -0.877. The molecule has 0 saturated heterocycles. The Bertz CT molecular complexity index is 556. The zero-order valence-corrected chi connectivity index (χ0v) is 13.8. The van der Waals surface area contributed by atoms with E-state index in [1.54, 1.807) is 0 Å². The first-order valence-corrected chi connectivity index (χ1v) is 10.9. The van der Waals surface area contributed by atoms with Gasteiger partial charge in [-0.2, -0.15) is 0 Å². The van der Waals surface area contributed by atoms with Crippen LogP contribution in [0.5, 0.6) is 0 Å². The van der Waals surface area contributed by atoms with Gasteiger partial charge in [0.05, 0.1) is 0 Å². The Labute approximate surface area is 117 Å². The summed E-state index contributed by atoms with van der Waals surface area (Å²) < 4.78 is 55.0. The van der Waals surface area contributed by atoms with E-state index in [0.29, 0.717) is 8.79 Å². The van der Waals surface area contributed by atoms with Crippen LogP contribution in [0.1, 0.15) is 0 Å². The van der Waals surface area contributed by atoms with Crippen LogP contribution in [-0.2, 0) is 10.3 Å². The topological polar surface area (TPSA) is 43.4 Å². The van der Waals surface area contributed by atoms with Gasteiger partial charge >= 0.3 is 117 Å². The van der Waals surface area contributed by atoms with Crippen molar-refractivity contribution >= 4 is 38.0 Å². The van der Waals surface area contributed by atoms with Gasteiger partial charge < -0.3 is 0 Å². The van der Waals surface area contributed by atoms with E-state index in [-0.39, 0.29) is 0 Å². The van der Waals surface area contributed by atoms with Gasteiger partial charge in [0.1, 0.15) is 0 Å². The van der Waals surface area contributed by atoms with E-state index in [1.807, 2.05) is 0 Å². The van der Waals surface area contributed by atoms with Gasteiger partial charge in [-0.15, -0.1) is 0 Å². The normalized spacial score (nSPS) is 10.0. The molecule has 0 saturated carbocycles. The average Bonchev–Trinajstić information content (AvgIpc) is 2.40. The van der Waals surface area contributed by atoms with Crippen LogP contribution >= 0.6 is 0 Å². The van der Waals surface area contributed by atoms with Gasteiger partial charge in [0, 0.05) is 0 Å². The van der Waals surface area contributed by atoms with Crippen LogP contribution in [0.25, 0.3) is 0 Å². The monoisotopic (exact) mass is 386 g/mol. The molecule has 2 aromatic carbocycles. The van der Waals surface area contributed by atoms with Gasteiger partial charge in [-0.05, 0) is 0 Å². The second kappa shape index (κ2) is 6.29. The Morgan fingerprint density at radius 1 is 0.684 bits per heavy atom. The fourth-order valence-electron chi connectivity index (χ4n) is 1.37. The molecule has 0 heterocycles. The fourth-order valence-corrected chi connectivity index (χ4v) is 8.47. The van der Waals surface area contributed by atoms with Crippen molar-refractivity contribution in [2.75, 3.05) is 0 Å². The number of hydrogen-bond acceptors (Lipinski definition) is 3. The zero-order valence-electron chi connectivity index (χ0n) is 9.60. The van der Waals surface area contributed by atoms with Crippen LogP contribution in [0.2, 0.25) is 0 Å². The molecule has 0 aliphatic carbocycles. The van der Waals surface area contributed by atoms with Gasteiger partial charge in [-0.25, -0.2) is 0 Å². The molecule has 0 bridgehead atoms. The van der Waals surface area contributed by atoms with Crippen LogP contribution in [0, 0.1) is 11.6 Å². The molecule has 96 valence electrons. The number of benzene rings is 2. The zero-order chi connectivity index (χ0) is 13.8. The summed E-state index contributed by atoms with van der Waals surface area (Å²) in [6.45, 7) is 0. The Hall–Kier alpha value is -1.21. The van der Waals surface area contributed by atoms with Gasteiger partial charge in [0.25, 0.3) is 0 Å². The van der Waals surface area contributed by atoms with E-state index in [9.17, 15) is 16.3 Å². The van der Waals surface area contributed by atoms with Crippen LogP contribution in [-0.4, -0.2) is 29.2 Å². The van der Waals surface area contributed by atoms with Gasteiger partial charge in [0.2, 0.25) is 0 Å². The molecule has 0 radical (unpaired) electrons. The number of halogens is 2. The van der Waals surface area contributed by atoms with Gasteiger partial charge in [-0.1, -0.05) is 0 Å². The molecule has 2 aromatic rings. The van der Waals surface area contributed by atoms with Gasteiger partial charge in [-0.3, -0.25) is 0 Å². The summed E-state index contributed by atoms with van der Waals surface area (Å²) in [4.78, 5) is 0. The van der Waals surface area contributed by atoms with E-state index < -0.39 is 40.9 Å². The predicted octanol–water partition coefficient (Wildman–Crippen LogP) is 0.933. The van der Waals surface area contributed by atoms with Crippen molar-refractivity contribution in [2.24, 2.45) is 0 Å². The molecule has 0 aliphatic rings. The molecule has 0 atom stereocenters. The molecule has 0 amide bonds. The summed E-state index contributed by atoms with van der Waals surface area (Å²) in [7, 11) is 0. The van der Waals surface area contributed by atoms with E-state index in [4.69, 9.17) is 2.79 Å². The predicted molar refractivity (Wildman–Crippen MR) is 66.0 cm³/mol. The van der Waals surface area contributed by atoms with Gasteiger partial charge in [0.15, 0.2) is 0 Å². The van der Waals surface area contributed by atoms with Crippen molar-refractivity contribution in [1.29, 1.82) is 0 Å². The Morgan fingerprint density at radius 3 is 1.32 bits per heavy atom. The van der Waals surface area contributed by atoms with Crippen molar-refractivity contribution in [3.8, 4) is 0 Å². The van der Waals surface area contributed by atoms with Crippen molar-refractivity contribution in [2.45, 2.75) is 0 Å². The quantitative estimate of drug-likeness (QED) is 0.738. The molecule has 0 fully saturated rings. The van der Waals surface area contributed by atoms with Crippen molar-refractivity contribution in [1.82, 2.24) is 0 Å². The summed E-state index contributed by atoms with van der Waals surface area (Å²) in [5, 5.41) is 0. The van der Waals surface area contributed by atoms with Crippen molar-refractivity contribution in [3.05, 3.63) is 60.2 Å². The summed E-state index contributed by atoms with van der Waals surface area (Å²) >= 11 is -6.71. The summed E-state index contributed by atoms with van der Waals surface area (Å²) in [5.41, 5.74) is 0. The molecule has 0 N–H and O–H groups in total. The Morgan fingerprint density at radius 2 is 1.00 bits per heavy atom. The first-order valence-electron chi connectivity index (χ1n) is 5.34. The molecule has 19 heavy (non-hydrogen) atoms. The molecule has 0 aromatic heterocycles. The minimum absolute atomic E-state index is 0.365. The minimum atomic E-state index is -3.36. The second-order valence-electron chi connectivity index (χ2n) is 3.69. The average molecular weight is 383 g/mol. The molecular formula is C12H8F2Ge2O3. The third-order valence-electron chi connectivity index (χ3n) is 2.35. The third-order valence-corrected chi connectivity index (χ3v) is 10.5. The second-order valence-corrected chi connectivity index (χ2v) is 11.2. The van der Waals surface area contributed by atoms with Crippen molar-refractivity contribution < 1.29 is 19.1 Å². The first kappa shape index (κ1) is 14.2. The van der Waals surface area contributed by atoms with E-state index in [2.05, 4.69) is 0 Å². The SMILES string of the molecule is [O]=[Ge]([O][Ge](=[O])[c]1ccc(F)cc1)[c]1ccc(F)cc1. The molecule has 0 unspecified atom stereocenters. The Balaban J connectivity index is 2.08. The van der Waals surface area contributed by atoms with Crippen LogP contribution in [0.4, 0.5) is 8.78 Å². The van der Waals surface area contributed by atoms with E-state index in [1.165, 1.54) is 48.5 Å². The number of rotatable bonds is 4. The van der Waals surface area contributed by atoms with Crippen LogP contribution in [0.15, 0.2) is 48.5 Å². The first-order chi connectivity index (χ1) is 9.06. The van der Waals surface area contributed by atoms with E-state index >= 15 is 0 Å². The third kappa shape index (κ3) is 3.87. The van der Waals surface area contributed by atoms with Crippen LogP contribution in [0.3, 0.4) is 0 Å². The van der Waals surface area contributed by atoms with Crippen molar-refractivity contribution in [3.63, 3.8) is 0 Å². The fraction of sp³-hybridized carbons (Fsp3) is 0. The van der Waals surface area contributed by atoms with Crippen LogP contribution < -0.4 is 8.79 Å². The summed E-state index contributed by atoms with van der Waals surface area (Å²) in [6.07, 6.45) is 0. The summed E-state index contributed by atoms with van der Waals surface area (Å²) in [6, 6.07) is 10.1. The number of hydrogen-bond donors (Lipinski definition) is 0. The molecule has 0 aliphatic heterocycles. The standard InChI is InChI=1S/C12H8F2Ge2O3/c13-9-1-5-11(6-2-9)15(17)19-16(18)12-7-3-10(14)4-8-12/h1-8H.